The topological polar surface area (TPSA) is 108 Å². The standard InChI is InChI=1S/C11H14IN3O3/c1-6(10(13)15-18)5-14-11(17)7-2-3-8(12)9(16)4-7/h2-4,6,16,18H,5H2,1H3,(H2,13,15)(H,14,17). The van der Waals surface area contributed by atoms with E-state index >= 15 is 0 Å². The zero-order chi connectivity index (χ0) is 13.7. The molecule has 1 amide bonds. The maximum absolute atomic E-state index is 11.8. The molecule has 0 aliphatic carbocycles. The van der Waals surface area contributed by atoms with Crippen LogP contribution in [0.15, 0.2) is 23.4 Å². The molecule has 0 aliphatic heterocycles. The summed E-state index contributed by atoms with van der Waals surface area (Å²) in [5.74, 6) is -0.468. The molecule has 0 aliphatic rings. The molecule has 7 heteroatoms. The third kappa shape index (κ3) is 3.76. The second kappa shape index (κ2) is 6.43. The lowest BCUT2D eigenvalue weighted by Crippen LogP contribution is -2.34. The van der Waals surface area contributed by atoms with Gasteiger partial charge in [0, 0.05) is 18.0 Å². The molecule has 0 bridgehead atoms. The SMILES string of the molecule is CC(CNC(=O)c1ccc(I)c(O)c1)/C(N)=N/O. The summed E-state index contributed by atoms with van der Waals surface area (Å²) in [5.41, 5.74) is 5.75. The number of aromatic hydroxyl groups is 1. The van der Waals surface area contributed by atoms with Crippen molar-refractivity contribution in [1.82, 2.24) is 5.32 Å². The fraction of sp³-hybridized carbons (Fsp3) is 0.273. The summed E-state index contributed by atoms with van der Waals surface area (Å²) in [6.07, 6.45) is 0. The van der Waals surface area contributed by atoms with E-state index in [1.807, 2.05) is 22.6 Å². The first-order valence-corrected chi connectivity index (χ1v) is 6.27. The summed E-state index contributed by atoms with van der Waals surface area (Å²) < 4.78 is 0.675. The molecule has 0 saturated carbocycles. The van der Waals surface area contributed by atoms with Gasteiger partial charge in [-0.3, -0.25) is 4.79 Å². The number of halogens is 1. The van der Waals surface area contributed by atoms with Gasteiger partial charge in [-0.2, -0.15) is 0 Å². The quantitative estimate of drug-likeness (QED) is 0.211. The van der Waals surface area contributed by atoms with E-state index in [-0.39, 0.29) is 30.0 Å². The van der Waals surface area contributed by atoms with Crippen molar-refractivity contribution in [2.75, 3.05) is 6.54 Å². The summed E-state index contributed by atoms with van der Waals surface area (Å²) in [6, 6.07) is 4.66. The zero-order valence-corrected chi connectivity index (χ0v) is 11.9. The summed E-state index contributed by atoms with van der Waals surface area (Å²) >= 11 is 1.97. The average molecular weight is 363 g/mol. The summed E-state index contributed by atoms with van der Waals surface area (Å²) in [5, 5.41) is 23.5. The predicted octanol–water partition coefficient (Wildman–Crippen LogP) is 1.11. The molecular weight excluding hydrogens is 349 g/mol. The summed E-state index contributed by atoms with van der Waals surface area (Å²) in [4.78, 5) is 11.8. The number of carbonyl (C=O) groups excluding carboxylic acids is 1. The van der Waals surface area contributed by atoms with Gasteiger partial charge < -0.3 is 21.4 Å². The highest BCUT2D eigenvalue weighted by atomic mass is 127. The Morgan fingerprint density at radius 1 is 1.61 bits per heavy atom. The van der Waals surface area contributed by atoms with E-state index in [0.29, 0.717) is 9.13 Å². The summed E-state index contributed by atoms with van der Waals surface area (Å²) in [7, 11) is 0. The molecule has 18 heavy (non-hydrogen) atoms. The minimum atomic E-state index is -0.320. The molecule has 6 nitrogen and oxygen atoms in total. The Hall–Kier alpha value is -1.51. The molecule has 1 aromatic carbocycles. The Bertz CT molecular complexity index is 477. The first-order valence-electron chi connectivity index (χ1n) is 5.19. The van der Waals surface area contributed by atoms with Crippen LogP contribution in [-0.4, -0.2) is 28.6 Å². The lowest BCUT2D eigenvalue weighted by atomic mass is 10.1. The van der Waals surface area contributed by atoms with Gasteiger partial charge in [-0.05, 0) is 40.8 Å². The second-order valence-corrected chi connectivity index (χ2v) is 4.96. The molecule has 0 fully saturated rings. The van der Waals surface area contributed by atoms with Gasteiger partial charge in [0.25, 0.3) is 5.91 Å². The Morgan fingerprint density at radius 2 is 2.28 bits per heavy atom. The number of hydrogen-bond acceptors (Lipinski definition) is 4. The van der Waals surface area contributed by atoms with Crippen LogP contribution >= 0.6 is 22.6 Å². The second-order valence-electron chi connectivity index (χ2n) is 3.80. The minimum Gasteiger partial charge on any atom is -0.507 e. The van der Waals surface area contributed by atoms with Crippen LogP contribution in [0.3, 0.4) is 0 Å². The van der Waals surface area contributed by atoms with Crippen LogP contribution < -0.4 is 11.1 Å². The van der Waals surface area contributed by atoms with E-state index in [1.54, 1.807) is 19.1 Å². The summed E-state index contributed by atoms with van der Waals surface area (Å²) in [6.45, 7) is 1.97. The number of phenolic OH excluding ortho intramolecular Hbond substituents is 1. The molecule has 1 atom stereocenters. The van der Waals surface area contributed by atoms with E-state index in [1.165, 1.54) is 6.07 Å². The number of phenols is 1. The third-order valence-electron chi connectivity index (χ3n) is 2.40. The lowest BCUT2D eigenvalue weighted by molar-refractivity contribution is 0.0950. The maximum Gasteiger partial charge on any atom is 0.251 e. The molecule has 0 spiro atoms. The molecule has 1 rings (SSSR count). The molecule has 98 valence electrons. The van der Waals surface area contributed by atoms with Gasteiger partial charge in [0.2, 0.25) is 0 Å². The fourth-order valence-electron chi connectivity index (χ4n) is 1.20. The number of oxime groups is 1. The van der Waals surface area contributed by atoms with Crippen molar-refractivity contribution in [2.45, 2.75) is 6.92 Å². The largest absolute Gasteiger partial charge is 0.507 e. The van der Waals surface area contributed by atoms with Gasteiger partial charge >= 0.3 is 0 Å². The first kappa shape index (κ1) is 14.6. The van der Waals surface area contributed by atoms with Crippen LogP contribution in [0, 0.1) is 9.49 Å². The van der Waals surface area contributed by atoms with Gasteiger partial charge in [0.15, 0.2) is 0 Å². The van der Waals surface area contributed by atoms with E-state index < -0.39 is 0 Å². The van der Waals surface area contributed by atoms with Crippen molar-refractivity contribution in [3.05, 3.63) is 27.3 Å². The van der Waals surface area contributed by atoms with E-state index in [9.17, 15) is 9.90 Å². The van der Waals surface area contributed by atoms with Crippen LogP contribution in [-0.2, 0) is 0 Å². The molecular formula is C11H14IN3O3. The number of nitrogens with one attached hydrogen (secondary N) is 1. The minimum absolute atomic E-state index is 0.0563. The maximum atomic E-state index is 11.8. The Balaban J connectivity index is 2.63. The van der Waals surface area contributed by atoms with Crippen molar-refractivity contribution < 1.29 is 15.1 Å². The van der Waals surface area contributed by atoms with Crippen LogP contribution in [0.2, 0.25) is 0 Å². The zero-order valence-electron chi connectivity index (χ0n) is 9.72. The molecule has 0 saturated heterocycles. The third-order valence-corrected chi connectivity index (χ3v) is 3.31. The molecule has 0 aromatic heterocycles. The number of amidine groups is 1. The van der Waals surface area contributed by atoms with Gasteiger partial charge in [-0.1, -0.05) is 12.1 Å². The Morgan fingerprint density at radius 3 is 2.83 bits per heavy atom. The average Bonchev–Trinajstić information content (AvgIpc) is 2.37. The van der Waals surface area contributed by atoms with E-state index in [0.717, 1.165) is 0 Å². The van der Waals surface area contributed by atoms with Crippen LogP contribution in [0.4, 0.5) is 0 Å². The van der Waals surface area contributed by atoms with Crippen molar-refractivity contribution in [2.24, 2.45) is 16.8 Å². The van der Waals surface area contributed by atoms with Gasteiger partial charge in [-0.15, -0.1) is 0 Å². The van der Waals surface area contributed by atoms with E-state index in [2.05, 4.69) is 10.5 Å². The van der Waals surface area contributed by atoms with Crippen LogP contribution in [0.5, 0.6) is 5.75 Å². The normalized spacial score (nSPS) is 13.1. The lowest BCUT2D eigenvalue weighted by Gasteiger charge is -2.11. The van der Waals surface area contributed by atoms with Crippen LogP contribution in [0.1, 0.15) is 17.3 Å². The fourth-order valence-corrected chi connectivity index (χ4v) is 1.54. The number of benzene rings is 1. The number of carbonyl (C=O) groups is 1. The van der Waals surface area contributed by atoms with Crippen molar-refractivity contribution in [1.29, 1.82) is 0 Å². The van der Waals surface area contributed by atoms with Gasteiger partial charge in [0.05, 0.1) is 3.57 Å². The van der Waals surface area contributed by atoms with E-state index in [4.69, 9.17) is 10.9 Å². The molecule has 0 heterocycles. The Labute approximate surface area is 118 Å². The Kier molecular flexibility index (Phi) is 5.20. The van der Waals surface area contributed by atoms with Crippen molar-refractivity contribution in [3.63, 3.8) is 0 Å². The first-order chi connectivity index (χ1) is 8.45. The molecule has 5 N–H and O–H groups in total. The number of rotatable bonds is 4. The number of hydrogen-bond donors (Lipinski definition) is 4. The van der Waals surface area contributed by atoms with Crippen molar-refractivity contribution >= 4 is 34.3 Å². The van der Waals surface area contributed by atoms with Gasteiger partial charge in [0.1, 0.15) is 11.6 Å². The molecule has 0 radical (unpaired) electrons. The van der Waals surface area contributed by atoms with Crippen LogP contribution in [0.25, 0.3) is 0 Å². The smallest absolute Gasteiger partial charge is 0.251 e. The highest BCUT2D eigenvalue weighted by Crippen LogP contribution is 2.20. The monoisotopic (exact) mass is 363 g/mol. The highest BCUT2D eigenvalue weighted by Gasteiger charge is 2.12. The number of amides is 1. The number of nitrogens with zero attached hydrogens (tertiary/aromatic N) is 1. The van der Waals surface area contributed by atoms with Crippen molar-refractivity contribution in [3.8, 4) is 5.75 Å². The molecule has 1 unspecified atom stereocenters. The highest BCUT2D eigenvalue weighted by molar-refractivity contribution is 14.1. The molecule has 1 aromatic rings. The number of nitrogens with two attached hydrogens (primary N) is 1. The predicted molar refractivity (Wildman–Crippen MR) is 75.7 cm³/mol. The van der Waals surface area contributed by atoms with Gasteiger partial charge in [-0.25, -0.2) is 0 Å².